The number of carbonyl (C=O) groups is 1. The van der Waals surface area contributed by atoms with Gasteiger partial charge in [0.1, 0.15) is 0 Å². The summed E-state index contributed by atoms with van der Waals surface area (Å²) in [4.78, 5) is 11.1. The highest BCUT2D eigenvalue weighted by molar-refractivity contribution is 7.98. The zero-order valence-electron chi connectivity index (χ0n) is 9.49. The number of hydrogen-bond acceptors (Lipinski definition) is 4. The lowest BCUT2D eigenvalue weighted by molar-refractivity contribution is 0.100. The maximum absolute atomic E-state index is 11.1. The molecule has 0 aliphatic carbocycles. The SMILES string of the molecule is CSCC(C)Nc1ccc(N)c(C(N)=O)c1. The Morgan fingerprint density at radius 3 is 2.81 bits per heavy atom. The summed E-state index contributed by atoms with van der Waals surface area (Å²) >= 11 is 1.76. The van der Waals surface area contributed by atoms with Crippen LogP contribution in [0.1, 0.15) is 17.3 Å². The van der Waals surface area contributed by atoms with Crippen LogP contribution < -0.4 is 16.8 Å². The van der Waals surface area contributed by atoms with Crippen LogP contribution in [0, 0.1) is 0 Å². The molecule has 1 amide bonds. The molecule has 0 aliphatic rings. The molecule has 0 heterocycles. The second-order valence-corrected chi connectivity index (χ2v) is 4.58. The number of nitrogens with two attached hydrogens (primary N) is 2. The molecule has 88 valence electrons. The topological polar surface area (TPSA) is 81.1 Å². The third kappa shape index (κ3) is 3.34. The van der Waals surface area contributed by atoms with Crippen LogP contribution in [0.4, 0.5) is 11.4 Å². The zero-order valence-corrected chi connectivity index (χ0v) is 10.3. The molecule has 0 aliphatic heterocycles. The second kappa shape index (κ2) is 5.65. The van der Waals surface area contributed by atoms with E-state index in [1.807, 2.05) is 6.07 Å². The Kier molecular flexibility index (Phi) is 4.49. The summed E-state index contributed by atoms with van der Waals surface area (Å²) in [7, 11) is 0. The Bertz CT molecular complexity index is 381. The first kappa shape index (κ1) is 12.7. The van der Waals surface area contributed by atoms with Gasteiger partial charge in [0.05, 0.1) is 5.56 Å². The van der Waals surface area contributed by atoms with Gasteiger partial charge >= 0.3 is 0 Å². The maximum Gasteiger partial charge on any atom is 0.250 e. The molecule has 1 atom stereocenters. The first-order chi connectivity index (χ1) is 7.54. The lowest BCUT2D eigenvalue weighted by atomic mass is 10.1. The summed E-state index contributed by atoms with van der Waals surface area (Å²) in [6, 6.07) is 5.56. The standard InChI is InChI=1S/C11H17N3OS/c1-7(6-16-2)14-8-3-4-10(12)9(5-8)11(13)15/h3-5,7,14H,6,12H2,1-2H3,(H2,13,15). The van der Waals surface area contributed by atoms with Gasteiger partial charge in [0, 0.05) is 23.2 Å². The van der Waals surface area contributed by atoms with Crippen molar-refractivity contribution in [1.29, 1.82) is 0 Å². The molecule has 1 aromatic carbocycles. The van der Waals surface area contributed by atoms with Gasteiger partial charge < -0.3 is 16.8 Å². The lowest BCUT2D eigenvalue weighted by Crippen LogP contribution is -2.19. The number of amides is 1. The summed E-state index contributed by atoms with van der Waals surface area (Å²) in [5, 5.41) is 3.28. The molecular formula is C11H17N3OS. The number of anilines is 2. The number of nitrogen functional groups attached to an aromatic ring is 1. The molecule has 5 heteroatoms. The van der Waals surface area contributed by atoms with E-state index in [0.29, 0.717) is 17.3 Å². The molecule has 0 saturated heterocycles. The summed E-state index contributed by atoms with van der Waals surface area (Å²) in [6.45, 7) is 2.08. The Morgan fingerprint density at radius 1 is 1.56 bits per heavy atom. The molecule has 16 heavy (non-hydrogen) atoms. The molecule has 4 nitrogen and oxygen atoms in total. The molecule has 0 saturated carbocycles. The maximum atomic E-state index is 11.1. The summed E-state index contributed by atoms with van der Waals surface area (Å²) < 4.78 is 0. The molecule has 0 spiro atoms. The predicted octanol–water partition coefficient (Wildman–Crippen LogP) is 1.53. The van der Waals surface area contributed by atoms with Crippen LogP contribution in [0.25, 0.3) is 0 Å². The molecule has 0 fully saturated rings. The summed E-state index contributed by atoms with van der Waals surface area (Å²) in [6.07, 6.45) is 2.05. The van der Waals surface area contributed by atoms with Crippen molar-refractivity contribution in [2.75, 3.05) is 23.1 Å². The minimum atomic E-state index is -0.501. The van der Waals surface area contributed by atoms with Crippen molar-refractivity contribution in [3.63, 3.8) is 0 Å². The van der Waals surface area contributed by atoms with Crippen molar-refractivity contribution in [2.45, 2.75) is 13.0 Å². The van der Waals surface area contributed by atoms with Crippen molar-refractivity contribution >= 4 is 29.0 Å². The average molecular weight is 239 g/mol. The van der Waals surface area contributed by atoms with E-state index in [1.54, 1.807) is 23.9 Å². The Morgan fingerprint density at radius 2 is 2.25 bits per heavy atom. The third-order valence-electron chi connectivity index (χ3n) is 2.15. The van der Waals surface area contributed by atoms with Gasteiger partial charge in [0.2, 0.25) is 0 Å². The van der Waals surface area contributed by atoms with Crippen molar-refractivity contribution in [3.05, 3.63) is 23.8 Å². The van der Waals surface area contributed by atoms with Crippen molar-refractivity contribution in [2.24, 2.45) is 5.73 Å². The minimum absolute atomic E-state index is 0.333. The minimum Gasteiger partial charge on any atom is -0.398 e. The van der Waals surface area contributed by atoms with Crippen LogP contribution in [0.15, 0.2) is 18.2 Å². The highest BCUT2D eigenvalue weighted by atomic mass is 32.2. The van der Waals surface area contributed by atoms with Gasteiger partial charge in [-0.2, -0.15) is 11.8 Å². The Hall–Kier alpha value is -1.36. The predicted molar refractivity (Wildman–Crippen MR) is 70.8 cm³/mol. The van der Waals surface area contributed by atoms with E-state index < -0.39 is 5.91 Å². The molecule has 0 aromatic heterocycles. The monoisotopic (exact) mass is 239 g/mol. The quantitative estimate of drug-likeness (QED) is 0.681. The highest BCUT2D eigenvalue weighted by Gasteiger charge is 2.08. The Balaban J connectivity index is 2.82. The number of primary amides is 1. The van der Waals surface area contributed by atoms with Gasteiger partial charge in [0.15, 0.2) is 0 Å². The number of nitrogens with one attached hydrogen (secondary N) is 1. The van der Waals surface area contributed by atoms with Gasteiger partial charge in [-0.1, -0.05) is 0 Å². The largest absolute Gasteiger partial charge is 0.398 e. The number of hydrogen-bond donors (Lipinski definition) is 3. The Labute approximate surface area is 99.8 Å². The zero-order chi connectivity index (χ0) is 12.1. The van der Waals surface area contributed by atoms with E-state index in [0.717, 1.165) is 11.4 Å². The number of rotatable bonds is 5. The summed E-state index contributed by atoms with van der Waals surface area (Å²) in [5.74, 6) is 0.495. The third-order valence-corrected chi connectivity index (χ3v) is 2.98. The molecule has 1 unspecified atom stereocenters. The van der Waals surface area contributed by atoms with Crippen molar-refractivity contribution in [1.82, 2.24) is 0 Å². The van der Waals surface area contributed by atoms with Crippen molar-refractivity contribution in [3.8, 4) is 0 Å². The van der Waals surface area contributed by atoms with Gasteiger partial charge in [-0.05, 0) is 31.4 Å². The van der Waals surface area contributed by atoms with Crippen LogP contribution >= 0.6 is 11.8 Å². The van der Waals surface area contributed by atoms with Crippen LogP contribution in [0.2, 0.25) is 0 Å². The van der Waals surface area contributed by atoms with E-state index in [2.05, 4.69) is 18.5 Å². The molecular weight excluding hydrogens is 222 g/mol. The summed E-state index contributed by atoms with van der Waals surface area (Å²) in [5.41, 5.74) is 12.5. The lowest BCUT2D eigenvalue weighted by Gasteiger charge is -2.15. The fourth-order valence-corrected chi connectivity index (χ4v) is 2.02. The van der Waals surface area contributed by atoms with Gasteiger partial charge in [0.25, 0.3) is 5.91 Å². The van der Waals surface area contributed by atoms with Gasteiger partial charge in [-0.15, -0.1) is 0 Å². The number of carbonyl (C=O) groups excluding carboxylic acids is 1. The molecule has 1 aromatic rings. The fraction of sp³-hybridized carbons (Fsp3) is 0.364. The molecule has 0 radical (unpaired) electrons. The van der Waals surface area contributed by atoms with Crippen LogP contribution in [-0.2, 0) is 0 Å². The van der Waals surface area contributed by atoms with Crippen LogP contribution in [-0.4, -0.2) is 24.0 Å². The van der Waals surface area contributed by atoms with E-state index >= 15 is 0 Å². The van der Waals surface area contributed by atoms with E-state index in [1.165, 1.54) is 0 Å². The van der Waals surface area contributed by atoms with Gasteiger partial charge in [-0.25, -0.2) is 0 Å². The fourth-order valence-electron chi connectivity index (χ4n) is 1.44. The number of thioether (sulfide) groups is 1. The molecule has 1 rings (SSSR count). The van der Waals surface area contributed by atoms with Crippen molar-refractivity contribution < 1.29 is 4.79 Å². The van der Waals surface area contributed by atoms with E-state index in [-0.39, 0.29) is 0 Å². The van der Waals surface area contributed by atoms with Gasteiger partial charge in [-0.3, -0.25) is 4.79 Å². The van der Waals surface area contributed by atoms with Crippen LogP contribution in [0.3, 0.4) is 0 Å². The number of benzene rings is 1. The first-order valence-electron chi connectivity index (χ1n) is 4.99. The molecule has 5 N–H and O–H groups in total. The van der Waals surface area contributed by atoms with E-state index in [4.69, 9.17) is 11.5 Å². The average Bonchev–Trinajstić information content (AvgIpc) is 2.21. The highest BCUT2D eigenvalue weighted by Crippen LogP contribution is 2.18. The normalized spacial score (nSPS) is 12.1. The first-order valence-corrected chi connectivity index (χ1v) is 6.38. The van der Waals surface area contributed by atoms with E-state index in [9.17, 15) is 4.79 Å². The smallest absolute Gasteiger partial charge is 0.250 e. The second-order valence-electron chi connectivity index (χ2n) is 3.67. The van der Waals surface area contributed by atoms with Crippen LogP contribution in [0.5, 0.6) is 0 Å². The molecule has 0 bridgehead atoms.